The van der Waals surface area contributed by atoms with Crippen LogP contribution in [-0.4, -0.2) is 36.3 Å². The highest BCUT2D eigenvalue weighted by atomic mass is 19.1. The van der Waals surface area contributed by atoms with Crippen LogP contribution in [0.4, 0.5) is 10.1 Å². The van der Waals surface area contributed by atoms with Gasteiger partial charge in [-0.25, -0.2) is 4.39 Å². The van der Waals surface area contributed by atoms with Crippen molar-refractivity contribution < 1.29 is 14.0 Å². The van der Waals surface area contributed by atoms with E-state index in [4.69, 9.17) is 5.73 Å². The van der Waals surface area contributed by atoms with Crippen molar-refractivity contribution in [2.45, 2.75) is 33.2 Å². The van der Waals surface area contributed by atoms with Crippen LogP contribution >= 0.6 is 0 Å². The number of carbonyl (C=O) groups excluding carboxylic acids is 2. The van der Waals surface area contributed by atoms with Gasteiger partial charge < -0.3 is 16.0 Å². The van der Waals surface area contributed by atoms with E-state index in [-0.39, 0.29) is 35.0 Å². The molecule has 122 valence electrons. The number of anilines is 1. The summed E-state index contributed by atoms with van der Waals surface area (Å²) >= 11 is 0. The molecule has 0 aliphatic rings. The van der Waals surface area contributed by atoms with Crippen LogP contribution in [0.1, 0.15) is 37.6 Å². The molecule has 0 radical (unpaired) electrons. The van der Waals surface area contributed by atoms with Gasteiger partial charge in [-0.1, -0.05) is 13.8 Å². The molecule has 0 saturated heterocycles. The summed E-state index contributed by atoms with van der Waals surface area (Å²) < 4.78 is 14.0. The normalized spacial score (nSPS) is 12.1. The van der Waals surface area contributed by atoms with Crippen LogP contribution in [0.2, 0.25) is 0 Å². The lowest BCUT2D eigenvalue weighted by molar-refractivity contribution is -0.116. The average molecular weight is 309 g/mol. The highest BCUT2D eigenvalue weighted by Crippen LogP contribution is 2.18. The Labute approximate surface area is 130 Å². The maximum atomic E-state index is 14.0. The fraction of sp³-hybridized carbons (Fsp3) is 0.500. The summed E-state index contributed by atoms with van der Waals surface area (Å²) in [4.78, 5) is 25.3. The fourth-order valence-corrected chi connectivity index (χ4v) is 1.88. The number of carbonyl (C=O) groups is 2. The number of nitrogens with one attached hydrogen (secondary N) is 1. The lowest BCUT2D eigenvalue weighted by atomic mass is 10.1. The SMILES string of the molecule is CC(C)CC(=O)Nc1ccc(C(=O)N(C)C(C)CN)cc1F. The lowest BCUT2D eigenvalue weighted by Crippen LogP contribution is -2.39. The number of nitrogens with two attached hydrogens (primary N) is 1. The number of benzene rings is 1. The van der Waals surface area contributed by atoms with Crippen molar-refractivity contribution in [3.63, 3.8) is 0 Å². The van der Waals surface area contributed by atoms with Gasteiger partial charge in [-0.15, -0.1) is 0 Å². The minimum Gasteiger partial charge on any atom is -0.338 e. The van der Waals surface area contributed by atoms with Crippen LogP contribution in [0, 0.1) is 11.7 Å². The molecule has 2 amide bonds. The number of hydrogen-bond donors (Lipinski definition) is 2. The van der Waals surface area contributed by atoms with E-state index in [1.807, 2.05) is 20.8 Å². The predicted molar refractivity (Wildman–Crippen MR) is 85.1 cm³/mol. The van der Waals surface area contributed by atoms with Crippen LogP contribution in [0.25, 0.3) is 0 Å². The number of amides is 2. The van der Waals surface area contributed by atoms with E-state index in [0.717, 1.165) is 6.07 Å². The summed E-state index contributed by atoms with van der Waals surface area (Å²) in [7, 11) is 1.62. The third kappa shape index (κ3) is 4.80. The Balaban J connectivity index is 2.85. The zero-order chi connectivity index (χ0) is 16.9. The van der Waals surface area contributed by atoms with Crippen LogP contribution in [-0.2, 0) is 4.79 Å². The number of hydrogen-bond acceptors (Lipinski definition) is 3. The number of halogens is 1. The summed E-state index contributed by atoms with van der Waals surface area (Å²) in [6.45, 7) is 5.96. The van der Waals surface area contributed by atoms with Gasteiger partial charge >= 0.3 is 0 Å². The molecule has 1 unspecified atom stereocenters. The van der Waals surface area contributed by atoms with Gasteiger partial charge in [0.2, 0.25) is 5.91 Å². The Bertz CT molecular complexity index is 546. The van der Waals surface area contributed by atoms with E-state index in [2.05, 4.69) is 5.32 Å². The largest absolute Gasteiger partial charge is 0.338 e. The standard InChI is InChI=1S/C16H24FN3O2/c1-10(2)7-15(21)19-14-6-5-12(8-13(14)17)16(22)20(4)11(3)9-18/h5-6,8,10-11H,7,9,18H2,1-4H3,(H,19,21). The third-order valence-electron chi connectivity index (χ3n) is 3.41. The van der Waals surface area contributed by atoms with Crippen molar-refractivity contribution in [2.24, 2.45) is 11.7 Å². The van der Waals surface area contributed by atoms with E-state index in [1.165, 1.54) is 17.0 Å². The van der Waals surface area contributed by atoms with Crippen molar-refractivity contribution >= 4 is 17.5 Å². The van der Waals surface area contributed by atoms with E-state index in [9.17, 15) is 14.0 Å². The van der Waals surface area contributed by atoms with Gasteiger partial charge in [0, 0.05) is 31.6 Å². The molecule has 0 fully saturated rings. The third-order valence-corrected chi connectivity index (χ3v) is 3.41. The molecule has 6 heteroatoms. The summed E-state index contributed by atoms with van der Waals surface area (Å²) in [6.07, 6.45) is 0.316. The second-order valence-electron chi connectivity index (χ2n) is 5.84. The van der Waals surface area contributed by atoms with E-state index < -0.39 is 5.82 Å². The van der Waals surface area contributed by atoms with Crippen LogP contribution < -0.4 is 11.1 Å². The van der Waals surface area contributed by atoms with Crippen LogP contribution in [0.5, 0.6) is 0 Å². The van der Waals surface area contributed by atoms with Gasteiger partial charge in [0.15, 0.2) is 0 Å². The molecule has 0 aliphatic heterocycles. The molecule has 1 rings (SSSR count). The summed E-state index contributed by atoms with van der Waals surface area (Å²) in [5, 5.41) is 2.51. The summed E-state index contributed by atoms with van der Waals surface area (Å²) in [5.74, 6) is -0.995. The summed E-state index contributed by atoms with van der Waals surface area (Å²) in [5.41, 5.74) is 5.83. The molecule has 3 N–H and O–H groups in total. The molecule has 1 atom stereocenters. The Kier molecular flexibility index (Phi) is 6.49. The molecule has 1 aromatic rings. The van der Waals surface area contributed by atoms with Crippen LogP contribution in [0.3, 0.4) is 0 Å². The number of rotatable bonds is 6. The molecule has 0 spiro atoms. The first-order chi connectivity index (χ1) is 10.3. The van der Waals surface area contributed by atoms with Crippen molar-refractivity contribution in [1.29, 1.82) is 0 Å². The Morgan fingerprint density at radius 3 is 2.45 bits per heavy atom. The quantitative estimate of drug-likeness (QED) is 0.846. The first-order valence-electron chi connectivity index (χ1n) is 7.32. The van der Waals surface area contributed by atoms with Crippen molar-refractivity contribution in [2.75, 3.05) is 18.9 Å². The van der Waals surface area contributed by atoms with Crippen molar-refractivity contribution in [3.05, 3.63) is 29.6 Å². The molecule has 1 aromatic carbocycles. The lowest BCUT2D eigenvalue weighted by Gasteiger charge is -2.23. The van der Waals surface area contributed by atoms with E-state index in [0.29, 0.717) is 13.0 Å². The molecule has 0 bridgehead atoms. The zero-order valence-electron chi connectivity index (χ0n) is 13.5. The van der Waals surface area contributed by atoms with Crippen molar-refractivity contribution in [3.8, 4) is 0 Å². The first kappa shape index (κ1) is 18.1. The van der Waals surface area contributed by atoms with Gasteiger partial charge in [0.25, 0.3) is 5.91 Å². The minimum absolute atomic E-state index is 0.0803. The number of likely N-dealkylation sites (N-methyl/N-ethyl adjacent to an activating group) is 1. The molecular formula is C16H24FN3O2. The summed E-state index contributed by atoms with van der Waals surface area (Å²) in [6, 6.07) is 3.89. The zero-order valence-corrected chi connectivity index (χ0v) is 13.5. The van der Waals surface area contributed by atoms with Gasteiger partial charge in [-0.05, 0) is 31.0 Å². The highest BCUT2D eigenvalue weighted by molar-refractivity contribution is 5.96. The Morgan fingerprint density at radius 1 is 1.32 bits per heavy atom. The average Bonchev–Trinajstić information content (AvgIpc) is 2.46. The monoisotopic (exact) mass is 309 g/mol. The maximum absolute atomic E-state index is 14.0. The van der Waals surface area contributed by atoms with Gasteiger partial charge in [0.1, 0.15) is 5.82 Å². The molecule has 22 heavy (non-hydrogen) atoms. The Morgan fingerprint density at radius 2 is 1.95 bits per heavy atom. The smallest absolute Gasteiger partial charge is 0.253 e. The molecule has 0 saturated carbocycles. The second kappa shape index (κ2) is 7.89. The Hall–Kier alpha value is -1.95. The maximum Gasteiger partial charge on any atom is 0.253 e. The molecular weight excluding hydrogens is 285 g/mol. The second-order valence-corrected chi connectivity index (χ2v) is 5.84. The van der Waals surface area contributed by atoms with Crippen LogP contribution in [0.15, 0.2) is 18.2 Å². The number of nitrogens with zero attached hydrogens (tertiary/aromatic N) is 1. The van der Waals surface area contributed by atoms with Gasteiger partial charge in [-0.3, -0.25) is 9.59 Å². The van der Waals surface area contributed by atoms with E-state index in [1.54, 1.807) is 7.05 Å². The first-order valence-corrected chi connectivity index (χ1v) is 7.32. The minimum atomic E-state index is -0.628. The van der Waals surface area contributed by atoms with E-state index >= 15 is 0 Å². The predicted octanol–water partition coefficient (Wildman–Crippen LogP) is 2.23. The fourth-order valence-electron chi connectivity index (χ4n) is 1.88. The van der Waals surface area contributed by atoms with Gasteiger partial charge in [-0.2, -0.15) is 0 Å². The highest BCUT2D eigenvalue weighted by Gasteiger charge is 2.18. The van der Waals surface area contributed by atoms with Gasteiger partial charge in [0.05, 0.1) is 5.69 Å². The molecule has 0 heterocycles. The van der Waals surface area contributed by atoms with Crippen molar-refractivity contribution in [1.82, 2.24) is 4.90 Å². The topological polar surface area (TPSA) is 75.4 Å². The molecule has 0 aliphatic carbocycles. The molecule has 5 nitrogen and oxygen atoms in total. The molecule has 0 aromatic heterocycles.